The van der Waals surface area contributed by atoms with E-state index in [0.29, 0.717) is 12.8 Å². The molecule has 1 amide bonds. The standard InChI is InChI=1S/C23H22N4O/c1-15-13-20(19-14-25-27-23(19)16-7-4-3-5-8-16)26-22-17(9-6-10-18(15)22)11-12-21(28)24-2/h3-10,13-14H,11-12H2,1-2H3,(H,24,28)(H,25,27). The first kappa shape index (κ1) is 17.9. The summed E-state index contributed by atoms with van der Waals surface area (Å²) in [5, 5.41) is 11.2. The summed E-state index contributed by atoms with van der Waals surface area (Å²) < 4.78 is 0. The van der Waals surface area contributed by atoms with E-state index >= 15 is 0 Å². The van der Waals surface area contributed by atoms with Crippen molar-refractivity contribution in [1.82, 2.24) is 20.5 Å². The molecule has 0 bridgehead atoms. The number of para-hydroxylation sites is 1. The average Bonchev–Trinajstić information content (AvgIpc) is 3.22. The molecule has 4 aromatic rings. The van der Waals surface area contributed by atoms with Gasteiger partial charge in [-0.05, 0) is 30.5 Å². The smallest absolute Gasteiger partial charge is 0.220 e. The quantitative estimate of drug-likeness (QED) is 0.551. The van der Waals surface area contributed by atoms with E-state index in [2.05, 4.69) is 52.8 Å². The van der Waals surface area contributed by atoms with Crippen molar-refractivity contribution in [2.75, 3.05) is 7.05 Å². The lowest BCUT2D eigenvalue weighted by molar-refractivity contribution is -0.120. The van der Waals surface area contributed by atoms with Crippen LogP contribution in [0.3, 0.4) is 0 Å². The van der Waals surface area contributed by atoms with Crippen molar-refractivity contribution in [3.63, 3.8) is 0 Å². The Morgan fingerprint density at radius 2 is 1.93 bits per heavy atom. The molecule has 140 valence electrons. The molecule has 2 aromatic carbocycles. The SMILES string of the molecule is CNC(=O)CCc1cccc2c(C)cc(-c3cn[nH]c3-c3ccccc3)nc12. The number of aromatic nitrogens is 3. The van der Waals surface area contributed by atoms with Crippen LogP contribution in [0, 0.1) is 6.92 Å². The van der Waals surface area contributed by atoms with Crippen molar-refractivity contribution in [2.45, 2.75) is 19.8 Å². The third-order valence-electron chi connectivity index (χ3n) is 5.01. The maximum absolute atomic E-state index is 11.7. The summed E-state index contributed by atoms with van der Waals surface area (Å²) in [7, 11) is 1.66. The second-order valence-corrected chi connectivity index (χ2v) is 6.84. The zero-order valence-corrected chi connectivity index (χ0v) is 16.0. The number of amides is 1. The van der Waals surface area contributed by atoms with Gasteiger partial charge in [0.25, 0.3) is 0 Å². The van der Waals surface area contributed by atoms with Crippen LogP contribution in [-0.4, -0.2) is 28.1 Å². The van der Waals surface area contributed by atoms with Crippen LogP contribution in [0.25, 0.3) is 33.4 Å². The third-order valence-corrected chi connectivity index (χ3v) is 5.01. The molecular formula is C23H22N4O. The Bertz CT molecular complexity index is 1130. The van der Waals surface area contributed by atoms with Crippen LogP contribution < -0.4 is 5.32 Å². The Morgan fingerprint density at radius 1 is 1.11 bits per heavy atom. The molecule has 2 heterocycles. The summed E-state index contributed by atoms with van der Waals surface area (Å²) >= 11 is 0. The molecule has 2 aromatic heterocycles. The fraction of sp³-hybridized carbons (Fsp3) is 0.174. The number of nitrogens with one attached hydrogen (secondary N) is 2. The molecule has 5 nitrogen and oxygen atoms in total. The van der Waals surface area contributed by atoms with Crippen molar-refractivity contribution >= 4 is 16.8 Å². The molecule has 5 heteroatoms. The Balaban J connectivity index is 1.82. The average molecular weight is 370 g/mol. The Morgan fingerprint density at radius 3 is 2.71 bits per heavy atom. The summed E-state index contributed by atoms with van der Waals surface area (Å²) in [6.45, 7) is 2.10. The highest BCUT2D eigenvalue weighted by atomic mass is 16.1. The number of pyridine rings is 1. The number of carbonyl (C=O) groups excluding carboxylic acids is 1. The van der Waals surface area contributed by atoms with Gasteiger partial charge in [-0.3, -0.25) is 9.89 Å². The van der Waals surface area contributed by atoms with Crippen molar-refractivity contribution in [1.29, 1.82) is 0 Å². The van der Waals surface area contributed by atoms with E-state index in [1.54, 1.807) is 7.05 Å². The van der Waals surface area contributed by atoms with Crippen LogP contribution in [0.2, 0.25) is 0 Å². The second-order valence-electron chi connectivity index (χ2n) is 6.84. The van der Waals surface area contributed by atoms with Crippen molar-refractivity contribution in [3.8, 4) is 22.5 Å². The first-order valence-corrected chi connectivity index (χ1v) is 9.36. The van der Waals surface area contributed by atoms with Crippen LogP contribution >= 0.6 is 0 Å². The molecule has 4 rings (SSSR count). The van der Waals surface area contributed by atoms with E-state index in [-0.39, 0.29) is 5.91 Å². The largest absolute Gasteiger partial charge is 0.359 e. The number of aromatic amines is 1. The number of fused-ring (bicyclic) bond motifs is 1. The number of benzene rings is 2. The topological polar surface area (TPSA) is 70.7 Å². The Labute approximate surface area is 163 Å². The normalized spacial score (nSPS) is 10.9. The van der Waals surface area contributed by atoms with Gasteiger partial charge in [0.2, 0.25) is 5.91 Å². The van der Waals surface area contributed by atoms with E-state index < -0.39 is 0 Å². The minimum atomic E-state index is 0.0334. The summed E-state index contributed by atoms with van der Waals surface area (Å²) in [5.41, 5.74) is 7.05. The lowest BCUT2D eigenvalue weighted by Crippen LogP contribution is -2.18. The van der Waals surface area contributed by atoms with Gasteiger partial charge in [0, 0.05) is 30.0 Å². The predicted octanol–water partition coefficient (Wildman–Crippen LogP) is 4.28. The second kappa shape index (κ2) is 7.64. The first-order chi connectivity index (χ1) is 13.7. The van der Waals surface area contributed by atoms with Gasteiger partial charge in [0.1, 0.15) is 0 Å². The number of aryl methyl sites for hydroxylation is 2. The van der Waals surface area contributed by atoms with Crippen LogP contribution in [0.5, 0.6) is 0 Å². The van der Waals surface area contributed by atoms with Gasteiger partial charge >= 0.3 is 0 Å². The zero-order chi connectivity index (χ0) is 19.5. The highest BCUT2D eigenvalue weighted by Crippen LogP contribution is 2.32. The van der Waals surface area contributed by atoms with Crippen molar-refractivity contribution < 1.29 is 4.79 Å². The molecule has 0 aliphatic carbocycles. The van der Waals surface area contributed by atoms with E-state index in [4.69, 9.17) is 4.98 Å². The molecule has 0 aliphatic heterocycles. The number of hydrogen-bond acceptors (Lipinski definition) is 3. The van der Waals surface area contributed by atoms with Crippen LogP contribution in [0.1, 0.15) is 17.5 Å². The number of H-pyrrole nitrogens is 1. The maximum Gasteiger partial charge on any atom is 0.220 e. The van der Waals surface area contributed by atoms with Crippen LogP contribution in [0.15, 0.2) is 60.8 Å². The van der Waals surface area contributed by atoms with Crippen molar-refractivity contribution in [3.05, 3.63) is 71.9 Å². The van der Waals surface area contributed by atoms with E-state index in [1.807, 2.05) is 30.5 Å². The Kier molecular flexibility index (Phi) is 4.89. The molecule has 0 saturated carbocycles. The maximum atomic E-state index is 11.7. The van der Waals surface area contributed by atoms with Crippen LogP contribution in [0.4, 0.5) is 0 Å². The summed E-state index contributed by atoms with van der Waals surface area (Å²) in [6.07, 6.45) is 2.93. The van der Waals surface area contributed by atoms with E-state index in [0.717, 1.165) is 44.5 Å². The van der Waals surface area contributed by atoms with Gasteiger partial charge in [-0.2, -0.15) is 5.10 Å². The highest BCUT2D eigenvalue weighted by molar-refractivity contribution is 5.89. The molecular weight excluding hydrogens is 348 g/mol. The third kappa shape index (κ3) is 3.39. The van der Waals surface area contributed by atoms with Gasteiger partial charge in [-0.1, -0.05) is 48.5 Å². The number of carbonyl (C=O) groups is 1. The fourth-order valence-electron chi connectivity index (χ4n) is 3.50. The molecule has 2 N–H and O–H groups in total. The lowest BCUT2D eigenvalue weighted by atomic mass is 9.99. The minimum absolute atomic E-state index is 0.0334. The highest BCUT2D eigenvalue weighted by Gasteiger charge is 2.14. The molecule has 0 spiro atoms. The van der Waals surface area contributed by atoms with Gasteiger partial charge in [0.15, 0.2) is 0 Å². The molecule has 0 unspecified atom stereocenters. The first-order valence-electron chi connectivity index (χ1n) is 9.36. The summed E-state index contributed by atoms with van der Waals surface area (Å²) in [6, 6.07) is 18.4. The predicted molar refractivity (Wildman–Crippen MR) is 112 cm³/mol. The van der Waals surface area contributed by atoms with Crippen molar-refractivity contribution in [2.24, 2.45) is 0 Å². The molecule has 0 aliphatic rings. The molecule has 0 fully saturated rings. The molecule has 0 saturated heterocycles. The summed E-state index contributed by atoms with van der Waals surface area (Å²) in [5.74, 6) is 0.0334. The summed E-state index contributed by atoms with van der Waals surface area (Å²) in [4.78, 5) is 16.7. The number of nitrogens with zero attached hydrogens (tertiary/aromatic N) is 2. The van der Waals surface area contributed by atoms with Gasteiger partial charge < -0.3 is 5.32 Å². The lowest BCUT2D eigenvalue weighted by Gasteiger charge is -2.11. The van der Waals surface area contributed by atoms with E-state index in [9.17, 15) is 4.79 Å². The minimum Gasteiger partial charge on any atom is -0.359 e. The van der Waals surface area contributed by atoms with E-state index in [1.165, 1.54) is 0 Å². The molecule has 0 radical (unpaired) electrons. The van der Waals surface area contributed by atoms with Gasteiger partial charge in [-0.25, -0.2) is 4.98 Å². The zero-order valence-electron chi connectivity index (χ0n) is 16.0. The fourth-order valence-corrected chi connectivity index (χ4v) is 3.50. The number of rotatable bonds is 5. The van der Waals surface area contributed by atoms with Gasteiger partial charge in [0.05, 0.1) is 23.1 Å². The monoisotopic (exact) mass is 370 g/mol. The number of hydrogen-bond donors (Lipinski definition) is 2. The van der Waals surface area contributed by atoms with Gasteiger partial charge in [-0.15, -0.1) is 0 Å². The van der Waals surface area contributed by atoms with Crippen LogP contribution in [-0.2, 0) is 11.2 Å². The molecule has 0 atom stereocenters. The molecule has 28 heavy (non-hydrogen) atoms. The Hall–Kier alpha value is -3.47.